The van der Waals surface area contributed by atoms with E-state index in [2.05, 4.69) is 36.2 Å². The Kier molecular flexibility index (Phi) is 5.95. The van der Waals surface area contributed by atoms with Crippen molar-refractivity contribution in [2.75, 3.05) is 39.8 Å². The number of likely N-dealkylation sites (N-methyl/N-ethyl adjacent to an activating group) is 1. The third kappa shape index (κ3) is 4.35. The first-order valence-corrected chi connectivity index (χ1v) is 10.5. The lowest BCUT2D eigenvalue weighted by Crippen LogP contribution is -2.52. The number of carbonyl (C=O) groups excluding carboxylic acids is 2. The number of hydrogen-bond acceptors (Lipinski definition) is 3. The van der Waals surface area contributed by atoms with E-state index in [-0.39, 0.29) is 23.8 Å². The minimum absolute atomic E-state index is 0.0228. The fourth-order valence-electron chi connectivity index (χ4n) is 4.46. The van der Waals surface area contributed by atoms with Gasteiger partial charge in [0.1, 0.15) is 0 Å². The van der Waals surface area contributed by atoms with Crippen molar-refractivity contribution in [1.29, 1.82) is 0 Å². The van der Waals surface area contributed by atoms with Gasteiger partial charge >= 0.3 is 0 Å². The van der Waals surface area contributed by atoms with Gasteiger partial charge in [0.25, 0.3) is 5.91 Å². The molecule has 2 aromatic rings. The van der Waals surface area contributed by atoms with Crippen LogP contribution in [0.4, 0.5) is 0 Å². The molecule has 0 N–H and O–H groups in total. The van der Waals surface area contributed by atoms with E-state index in [9.17, 15) is 9.59 Å². The molecule has 5 heteroatoms. The summed E-state index contributed by atoms with van der Waals surface area (Å²) in [5.41, 5.74) is 1.98. The van der Waals surface area contributed by atoms with Gasteiger partial charge in [-0.05, 0) is 37.6 Å². The van der Waals surface area contributed by atoms with E-state index in [0.29, 0.717) is 13.1 Å². The lowest BCUT2D eigenvalue weighted by atomic mass is 9.93. The molecule has 2 amide bonds. The fourth-order valence-corrected chi connectivity index (χ4v) is 4.46. The van der Waals surface area contributed by atoms with Crippen LogP contribution in [0.1, 0.15) is 34.8 Å². The molecule has 0 radical (unpaired) electrons. The van der Waals surface area contributed by atoms with E-state index in [4.69, 9.17) is 0 Å². The van der Waals surface area contributed by atoms with Crippen molar-refractivity contribution < 1.29 is 9.59 Å². The van der Waals surface area contributed by atoms with Crippen molar-refractivity contribution in [3.05, 3.63) is 71.8 Å². The smallest absolute Gasteiger partial charge is 0.253 e. The number of piperazine rings is 1. The summed E-state index contributed by atoms with van der Waals surface area (Å²) in [6.45, 7) is 3.71. The van der Waals surface area contributed by atoms with E-state index in [1.165, 1.54) is 5.56 Å². The first-order valence-electron chi connectivity index (χ1n) is 10.5. The lowest BCUT2D eigenvalue weighted by molar-refractivity contribution is -0.139. The average Bonchev–Trinajstić information content (AvgIpc) is 2.80. The molecule has 5 nitrogen and oxygen atoms in total. The Hall–Kier alpha value is -2.66. The van der Waals surface area contributed by atoms with E-state index in [1.807, 2.05) is 46.2 Å². The molecule has 0 saturated carbocycles. The van der Waals surface area contributed by atoms with Crippen LogP contribution in [0.5, 0.6) is 0 Å². The average molecular weight is 392 g/mol. The summed E-state index contributed by atoms with van der Waals surface area (Å²) < 4.78 is 0. The molecule has 152 valence electrons. The second-order valence-corrected chi connectivity index (χ2v) is 8.12. The molecule has 29 heavy (non-hydrogen) atoms. The largest absolute Gasteiger partial charge is 0.339 e. The van der Waals surface area contributed by atoms with Gasteiger partial charge in [-0.2, -0.15) is 0 Å². The predicted molar refractivity (Wildman–Crippen MR) is 113 cm³/mol. The predicted octanol–water partition coefficient (Wildman–Crippen LogP) is 3.05. The number of nitrogens with zero attached hydrogens (tertiary/aromatic N) is 3. The highest BCUT2D eigenvalue weighted by Crippen LogP contribution is 2.27. The molecule has 2 aromatic carbocycles. The molecule has 1 unspecified atom stereocenters. The van der Waals surface area contributed by atoms with Crippen molar-refractivity contribution >= 4 is 11.8 Å². The zero-order valence-corrected chi connectivity index (χ0v) is 17.0. The minimum atomic E-state index is 0.0228. The van der Waals surface area contributed by atoms with Gasteiger partial charge < -0.3 is 9.80 Å². The zero-order valence-electron chi connectivity index (χ0n) is 17.0. The number of carbonyl (C=O) groups is 2. The minimum Gasteiger partial charge on any atom is -0.339 e. The molecule has 0 spiro atoms. The number of benzene rings is 2. The second-order valence-electron chi connectivity index (χ2n) is 8.12. The van der Waals surface area contributed by atoms with Crippen molar-refractivity contribution in [2.24, 2.45) is 5.92 Å². The highest BCUT2D eigenvalue weighted by molar-refractivity contribution is 5.94. The van der Waals surface area contributed by atoms with Crippen molar-refractivity contribution in [3.8, 4) is 0 Å². The van der Waals surface area contributed by atoms with E-state index in [1.54, 1.807) is 0 Å². The normalized spacial score (nSPS) is 21.2. The van der Waals surface area contributed by atoms with Crippen LogP contribution in [0.2, 0.25) is 0 Å². The quantitative estimate of drug-likeness (QED) is 0.808. The Morgan fingerprint density at radius 2 is 1.41 bits per heavy atom. The van der Waals surface area contributed by atoms with Gasteiger partial charge in [0.15, 0.2) is 0 Å². The van der Waals surface area contributed by atoms with Crippen LogP contribution in [0.25, 0.3) is 0 Å². The van der Waals surface area contributed by atoms with Crippen LogP contribution in [0.3, 0.4) is 0 Å². The summed E-state index contributed by atoms with van der Waals surface area (Å²) in [5.74, 6) is 0.348. The van der Waals surface area contributed by atoms with Crippen LogP contribution >= 0.6 is 0 Å². The summed E-state index contributed by atoms with van der Waals surface area (Å²) in [5, 5.41) is 0. The summed E-state index contributed by atoms with van der Waals surface area (Å²) in [6.07, 6.45) is 1.50. The molecular weight excluding hydrogens is 362 g/mol. The number of piperidine rings is 1. The van der Waals surface area contributed by atoms with Gasteiger partial charge in [-0.25, -0.2) is 0 Å². The molecule has 2 aliphatic rings. The molecule has 2 saturated heterocycles. The molecule has 2 aliphatic heterocycles. The fraction of sp³-hybridized carbons (Fsp3) is 0.417. The Balaban J connectivity index is 1.35. The van der Waals surface area contributed by atoms with Crippen molar-refractivity contribution in [3.63, 3.8) is 0 Å². The van der Waals surface area contributed by atoms with Crippen molar-refractivity contribution in [2.45, 2.75) is 18.9 Å². The van der Waals surface area contributed by atoms with Gasteiger partial charge in [0.2, 0.25) is 5.91 Å². The van der Waals surface area contributed by atoms with Gasteiger partial charge in [-0.1, -0.05) is 48.5 Å². The standard InChI is InChI=1S/C24H29N3O2/c1-25-16-17-27(18-22(25)19-8-4-2-5-9-19)24(29)21-12-14-26(15-13-21)23(28)20-10-6-3-7-11-20/h2-11,21-22H,12-18H2,1H3. The third-order valence-electron chi connectivity index (χ3n) is 6.30. The molecule has 1 atom stereocenters. The second kappa shape index (κ2) is 8.78. The molecular formula is C24H29N3O2. The van der Waals surface area contributed by atoms with Crippen LogP contribution in [0, 0.1) is 5.92 Å². The monoisotopic (exact) mass is 391 g/mol. The third-order valence-corrected chi connectivity index (χ3v) is 6.30. The van der Waals surface area contributed by atoms with Crippen molar-refractivity contribution in [1.82, 2.24) is 14.7 Å². The summed E-state index contributed by atoms with van der Waals surface area (Å²) >= 11 is 0. The molecule has 0 aromatic heterocycles. The van der Waals surface area contributed by atoms with Crippen LogP contribution in [-0.2, 0) is 4.79 Å². The molecule has 2 heterocycles. The summed E-state index contributed by atoms with van der Waals surface area (Å²) in [6, 6.07) is 20.1. The lowest BCUT2D eigenvalue weighted by Gasteiger charge is -2.42. The molecule has 0 bridgehead atoms. The highest BCUT2D eigenvalue weighted by atomic mass is 16.2. The Bertz CT molecular complexity index is 832. The molecule has 4 rings (SSSR count). The topological polar surface area (TPSA) is 43.9 Å². The van der Waals surface area contributed by atoms with Crippen LogP contribution in [-0.4, -0.2) is 66.3 Å². The summed E-state index contributed by atoms with van der Waals surface area (Å²) in [4.78, 5) is 32.1. The molecule has 2 fully saturated rings. The number of amides is 2. The SMILES string of the molecule is CN1CCN(C(=O)C2CCN(C(=O)c3ccccc3)CC2)CC1c1ccccc1. The Morgan fingerprint density at radius 1 is 0.793 bits per heavy atom. The zero-order chi connectivity index (χ0) is 20.2. The first-order chi connectivity index (χ1) is 14.1. The Labute approximate surface area is 172 Å². The van der Waals surface area contributed by atoms with Crippen LogP contribution in [0.15, 0.2) is 60.7 Å². The highest BCUT2D eigenvalue weighted by Gasteiger charge is 2.34. The molecule has 0 aliphatic carbocycles. The Morgan fingerprint density at radius 3 is 2.07 bits per heavy atom. The van der Waals surface area contributed by atoms with E-state index in [0.717, 1.165) is 38.0 Å². The summed E-state index contributed by atoms with van der Waals surface area (Å²) in [7, 11) is 2.13. The number of rotatable bonds is 3. The number of hydrogen-bond donors (Lipinski definition) is 0. The number of likely N-dealkylation sites (tertiary alicyclic amines) is 1. The maximum Gasteiger partial charge on any atom is 0.253 e. The van der Waals surface area contributed by atoms with Gasteiger partial charge in [-0.3, -0.25) is 14.5 Å². The van der Waals surface area contributed by atoms with Gasteiger partial charge in [0, 0.05) is 44.2 Å². The maximum atomic E-state index is 13.2. The van der Waals surface area contributed by atoms with E-state index >= 15 is 0 Å². The van der Waals surface area contributed by atoms with E-state index < -0.39 is 0 Å². The van der Waals surface area contributed by atoms with Gasteiger partial charge in [-0.15, -0.1) is 0 Å². The van der Waals surface area contributed by atoms with Gasteiger partial charge in [0.05, 0.1) is 6.04 Å². The van der Waals surface area contributed by atoms with Crippen LogP contribution < -0.4 is 0 Å². The first kappa shape index (κ1) is 19.6. The maximum absolute atomic E-state index is 13.2.